The summed E-state index contributed by atoms with van der Waals surface area (Å²) in [5, 5.41) is 0. The van der Waals surface area contributed by atoms with E-state index in [0.717, 1.165) is 18.5 Å². The van der Waals surface area contributed by atoms with Crippen LogP contribution < -0.4 is 5.73 Å². The van der Waals surface area contributed by atoms with Crippen LogP contribution in [0.25, 0.3) is 11.1 Å². The molecule has 1 heteroatoms. The third kappa shape index (κ3) is 2.68. The number of benzene rings is 2. The van der Waals surface area contributed by atoms with Crippen LogP contribution in [0.3, 0.4) is 0 Å². The first-order chi connectivity index (χ1) is 8.20. The zero-order chi connectivity index (χ0) is 12.3. The molecule has 2 rings (SSSR count). The van der Waals surface area contributed by atoms with E-state index in [1.54, 1.807) is 0 Å². The fraction of sp³-hybridized carbons (Fsp3) is 0.250. The number of rotatable bonds is 3. The van der Waals surface area contributed by atoms with Gasteiger partial charge in [0.2, 0.25) is 0 Å². The highest BCUT2D eigenvalue weighted by molar-refractivity contribution is 5.69. The van der Waals surface area contributed by atoms with Crippen LogP contribution in [-0.2, 0) is 6.42 Å². The van der Waals surface area contributed by atoms with Crippen LogP contribution in [-0.4, -0.2) is 0 Å². The fourth-order valence-electron chi connectivity index (χ4n) is 2.10. The molecule has 2 aromatic rings. The van der Waals surface area contributed by atoms with Crippen molar-refractivity contribution in [1.82, 2.24) is 0 Å². The van der Waals surface area contributed by atoms with E-state index in [-0.39, 0.29) is 0 Å². The van der Waals surface area contributed by atoms with Crippen molar-refractivity contribution in [3.63, 3.8) is 0 Å². The van der Waals surface area contributed by atoms with E-state index < -0.39 is 0 Å². The standard InChI is InChI=1S/C16H19N/c1-3-5-13-8-9-15(11-16(13)17)14-7-4-6-12(2)10-14/h4,6-11H,3,5,17H2,1-2H3. The molecular weight excluding hydrogens is 206 g/mol. The summed E-state index contributed by atoms with van der Waals surface area (Å²) in [6.45, 7) is 4.28. The van der Waals surface area contributed by atoms with Crippen LogP contribution >= 0.6 is 0 Å². The molecule has 0 aliphatic heterocycles. The molecule has 0 aliphatic rings. The average Bonchev–Trinajstić information content (AvgIpc) is 2.32. The number of nitrogen functional groups attached to an aromatic ring is 1. The summed E-state index contributed by atoms with van der Waals surface area (Å²) in [5.41, 5.74) is 12.0. The minimum atomic E-state index is 0.908. The number of aryl methyl sites for hydroxylation is 2. The second-order valence-corrected chi connectivity index (χ2v) is 4.53. The van der Waals surface area contributed by atoms with Crippen LogP contribution in [0, 0.1) is 6.92 Å². The van der Waals surface area contributed by atoms with Gasteiger partial charge in [0.25, 0.3) is 0 Å². The minimum Gasteiger partial charge on any atom is -0.398 e. The summed E-state index contributed by atoms with van der Waals surface area (Å²) in [7, 11) is 0. The molecule has 88 valence electrons. The fourth-order valence-corrected chi connectivity index (χ4v) is 2.10. The van der Waals surface area contributed by atoms with E-state index in [0.29, 0.717) is 0 Å². The highest BCUT2D eigenvalue weighted by Gasteiger charge is 2.02. The molecule has 0 bridgehead atoms. The predicted octanol–water partition coefficient (Wildman–Crippen LogP) is 4.20. The number of anilines is 1. The second-order valence-electron chi connectivity index (χ2n) is 4.53. The highest BCUT2D eigenvalue weighted by Crippen LogP contribution is 2.25. The van der Waals surface area contributed by atoms with Gasteiger partial charge in [-0.15, -0.1) is 0 Å². The Labute approximate surface area is 103 Å². The molecule has 17 heavy (non-hydrogen) atoms. The average molecular weight is 225 g/mol. The first-order valence-corrected chi connectivity index (χ1v) is 6.16. The SMILES string of the molecule is CCCc1ccc(-c2cccc(C)c2)cc1N. The molecule has 0 heterocycles. The lowest BCUT2D eigenvalue weighted by molar-refractivity contribution is 0.924. The maximum Gasteiger partial charge on any atom is 0.0352 e. The van der Waals surface area contributed by atoms with Gasteiger partial charge in [-0.2, -0.15) is 0 Å². The molecule has 0 saturated carbocycles. The lowest BCUT2D eigenvalue weighted by atomic mass is 9.99. The van der Waals surface area contributed by atoms with E-state index in [1.807, 2.05) is 0 Å². The monoisotopic (exact) mass is 225 g/mol. The number of nitrogens with two attached hydrogens (primary N) is 1. The topological polar surface area (TPSA) is 26.0 Å². The summed E-state index contributed by atoms with van der Waals surface area (Å²) < 4.78 is 0. The van der Waals surface area contributed by atoms with Crippen molar-refractivity contribution in [3.8, 4) is 11.1 Å². The lowest BCUT2D eigenvalue weighted by Gasteiger charge is -2.08. The number of hydrogen-bond acceptors (Lipinski definition) is 1. The molecule has 2 N–H and O–H groups in total. The Bertz CT molecular complexity index is 515. The van der Waals surface area contributed by atoms with Crippen LogP contribution in [0.4, 0.5) is 5.69 Å². The van der Waals surface area contributed by atoms with Crippen molar-refractivity contribution in [3.05, 3.63) is 53.6 Å². The van der Waals surface area contributed by atoms with Gasteiger partial charge in [0.05, 0.1) is 0 Å². The van der Waals surface area contributed by atoms with E-state index >= 15 is 0 Å². The van der Waals surface area contributed by atoms with Gasteiger partial charge in [0, 0.05) is 5.69 Å². The van der Waals surface area contributed by atoms with Crippen molar-refractivity contribution in [2.75, 3.05) is 5.73 Å². The van der Waals surface area contributed by atoms with Crippen molar-refractivity contribution in [2.45, 2.75) is 26.7 Å². The summed E-state index contributed by atoms with van der Waals surface area (Å²) in [5.74, 6) is 0. The van der Waals surface area contributed by atoms with Crippen molar-refractivity contribution >= 4 is 5.69 Å². The second kappa shape index (κ2) is 5.05. The summed E-state index contributed by atoms with van der Waals surface area (Å²) >= 11 is 0. The van der Waals surface area contributed by atoms with Crippen LogP contribution in [0.5, 0.6) is 0 Å². The molecule has 0 spiro atoms. The Morgan fingerprint density at radius 1 is 1.00 bits per heavy atom. The van der Waals surface area contributed by atoms with Crippen molar-refractivity contribution in [1.29, 1.82) is 0 Å². The highest BCUT2D eigenvalue weighted by atomic mass is 14.6. The Balaban J connectivity index is 2.37. The zero-order valence-electron chi connectivity index (χ0n) is 10.5. The Morgan fingerprint density at radius 3 is 2.41 bits per heavy atom. The molecule has 0 atom stereocenters. The molecular formula is C16H19N. The van der Waals surface area contributed by atoms with Gasteiger partial charge in [-0.3, -0.25) is 0 Å². The Morgan fingerprint density at radius 2 is 1.76 bits per heavy atom. The van der Waals surface area contributed by atoms with Crippen molar-refractivity contribution in [2.24, 2.45) is 0 Å². The molecule has 0 aromatic heterocycles. The largest absolute Gasteiger partial charge is 0.398 e. The van der Waals surface area contributed by atoms with Gasteiger partial charge in [-0.1, -0.05) is 55.3 Å². The molecule has 0 unspecified atom stereocenters. The molecule has 1 nitrogen and oxygen atoms in total. The molecule has 0 aliphatic carbocycles. The van der Waals surface area contributed by atoms with Gasteiger partial charge in [-0.05, 0) is 36.1 Å². The molecule has 0 radical (unpaired) electrons. The van der Waals surface area contributed by atoms with Crippen LogP contribution in [0.1, 0.15) is 24.5 Å². The first kappa shape index (κ1) is 11.7. The first-order valence-electron chi connectivity index (χ1n) is 6.16. The maximum atomic E-state index is 6.08. The van der Waals surface area contributed by atoms with E-state index in [1.165, 1.54) is 22.3 Å². The van der Waals surface area contributed by atoms with Crippen LogP contribution in [0.2, 0.25) is 0 Å². The van der Waals surface area contributed by atoms with E-state index in [9.17, 15) is 0 Å². The van der Waals surface area contributed by atoms with Crippen LogP contribution in [0.15, 0.2) is 42.5 Å². The smallest absolute Gasteiger partial charge is 0.0352 e. The minimum absolute atomic E-state index is 0.908. The molecule has 0 amide bonds. The Hall–Kier alpha value is -1.76. The van der Waals surface area contributed by atoms with Gasteiger partial charge in [0.1, 0.15) is 0 Å². The third-order valence-electron chi connectivity index (χ3n) is 3.02. The number of hydrogen-bond donors (Lipinski definition) is 1. The summed E-state index contributed by atoms with van der Waals surface area (Å²) in [6, 6.07) is 14.9. The molecule has 0 saturated heterocycles. The molecule has 2 aromatic carbocycles. The van der Waals surface area contributed by atoms with Gasteiger partial charge >= 0.3 is 0 Å². The van der Waals surface area contributed by atoms with E-state index in [4.69, 9.17) is 5.73 Å². The quantitative estimate of drug-likeness (QED) is 0.778. The van der Waals surface area contributed by atoms with Crippen molar-refractivity contribution < 1.29 is 0 Å². The van der Waals surface area contributed by atoms with Gasteiger partial charge < -0.3 is 5.73 Å². The lowest BCUT2D eigenvalue weighted by Crippen LogP contribution is -1.94. The molecule has 0 fully saturated rings. The summed E-state index contributed by atoms with van der Waals surface area (Å²) in [4.78, 5) is 0. The third-order valence-corrected chi connectivity index (χ3v) is 3.02. The zero-order valence-corrected chi connectivity index (χ0v) is 10.5. The normalized spacial score (nSPS) is 10.5. The predicted molar refractivity (Wildman–Crippen MR) is 75.0 cm³/mol. The Kier molecular flexibility index (Phi) is 3.48. The summed E-state index contributed by atoms with van der Waals surface area (Å²) in [6.07, 6.45) is 2.19. The van der Waals surface area contributed by atoms with Gasteiger partial charge in [0.15, 0.2) is 0 Å². The van der Waals surface area contributed by atoms with E-state index in [2.05, 4.69) is 56.3 Å². The van der Waals surface area contributed by atoms with Gasteiger partial charge in [-0.25, -0.2) is 0 Å². The maximum absolute atomic E-state index is 6.08.